The second-order valence-corrected chi connectivity index (χ2v) is 6.33. The number of nitrogens with one attached hydrogen (secondary N) is 1. The fourth-order valence-corrected chi connectivity index (χ4v) is 2.01. The van der Waals surface area contributed by atoms with Gasteiger partial charge in [-0.2, -0.15) is 0 Å². The molecule has 0 saturated carbocycles. The quantitative estimate of drug-likeness (QED) is 0.700. The zero-order chi connectivity index (χ0) is 13.5. The first kappa shape index (κ1) is 16.9. The second-order valence-electron chi connectivity index (χ2n) is 6.33. The van der Waals surface area contributed by atoms with Gasteiger partial charge in [0.25, 0.3) is 0 Å². The Labute approximate surface area is 109 Å². The van der Waals surface area contributed by atoms with E-state index in [1.165, 1.54) is 25.9 Å². The third-order valence-corrected chi connectivity index (χ3v) is 3.56. The lowest BCUT2D eigenvalue weighted by molar-refractivity contribution is 0.160. The van der Waals surface area contributed by atoms with Gasteiger partial charge in [0, 0.05) is 11.6 Å². The van der Waals surface area contributed by atoms with E-state index < -0.39 is 0 Å². The number of hydrogen-bond acceptors (Lipinski definition) is 2. The lowest BCUT2D eigenvalue weighted by Gasteiger charge is -2.34. The highest BCUT2D eigenvalue weighted by atomic mass is 15.1. The Hall–Kier alpha value is -0.0800. The zero-order valence-electron chi connectivity index (χ0n) is 13.1. The molecule has 2 nitrogen and oxygen atoms in total. The molecule has 0 aliphatic rings. The smallest absolute Gasteiger partial charge is 0.0104 e. The summed E-state index contributed by atoms with van der Waals surface area (Å²) in [7, 11) is 0. The molecule has 0 aromatic rings. The molecule has 0 aromatic carbocycles. The van der Waals surface area contributed by atoms with E-state index in [1.807, 2.05) is 0 Å². The van der Waals surface area contributed by atoms with Crippen LogP contribution in [0.3, 0.4) is 0 Å². The normalized spacial score (nSPS) is 16.2. The Balaban J connectivity index is 4.11. The van der Waals surface area contributed by atoms with Crippen LogP contribution in [0.4, 0.5) is 0 Å². The van der Waals surface area contributed by atoms with E-state index in [2.05, 4.69) is 58.7 Å². The predicted octanol–water partition coefficient (Wildman–Crippen LogP) is 3.52. The Morgan fingerprint density at radius 1 is 1.12 bits per heavy atom. The van der Waals surface area contributed by atoms with E-state index in [9.17, 15) is 0 Å². The maximum absolute atomic E-state index is 3.61. The number of nitrogens with zero attached hydrogens (tertiary/aromatic N) is 1. The van der Waals surface area contributed by atoms with Gasteiger partial charge >= 0.3 is 0 Å². The maximum atomic E-state index is 3.61. The first-order chi connectivity index (χ1) is 7.81. The molecular weight excluding hydrogens is 208 g/mol. The van der Waals surface area contributed by atoms with E-state index in [-0.39, 0.29) is 5.54 Å². The molecule has 0 rings (SSSR count). The SMILES string of the molecule is CCCCN(CC)C(C)C(C)CNC(C)(C)C. The summed E-state index contributed by atoms with van der Waals surface area (Å²) in [5.41, 5.74) is 0.231. The van der Waals surface area contributed by atoms with Crippen molar-refractivity contribution in [2.45, 2.75) is 72.9 Å². The van der Waals surface area contributed by atoms with Crippen molar-refractivity contribution in [2.75, 3.05) is 19.6 Å². The lowest BCUT2D eigenvalue weighted by atomic mass is 9.99. The molecule has 0 saturated heterocycles. The summed E-state index contributed by atoms with van der Waals surface area (Å²) in [4.78, 5) is 2.61. The van der Waals surface area contributed by atoms with E-state index in [4.69, 9.17) is 0 Å². The van der Waals surface area contributed by atoms with E-state index in [0.29, 0.717) is 12.0 Å². The maximum Gasteiger partial charge on any atom is 0.0104 e. The summed E-state index contributed by atoms with van der Waals surface area (Å²) in [6, 6.07) is 0.668. The fraction of sp³-hybridized carbons (Fsp3) is 1.00. The Bertz CT molecular complexity index is 184. The van der Waals surface area contributed by atoms with Gasteiger partial charge in [-0.05, 0) is 59.7 Å². The molecule has 0 heterocycles. The Morgan fingerprint density at radius 2 is 1.71 bits per heavy atom. The molecule has 2 unspecified atom stereocenters. The molecule has 0 fully saturated rings. The van der Waals surface area contributed by atoms with Gasteiger partial charge in [0.1, 0.15) is 0 Å². The van der Waals surface area contributed by atoms with Crippen LogP contribution < -0.4 is 5.32 Å². The molecule has 0 aliphatic heterocycles. The molecule has 104 valence electrons. The average molecular weight is 242 g/mol. The second kappa shape index (κ2) is 8.10. The van der Waals surface area contributed by atoms with Crippen LogP contribution in [0.25, 0.3) is 0 Å². The minimum Gasteiger partial charge on any atom is -0.312 e. The first-order valence-corrected chi connectivity index (χ1v) is 7.30. The third-order valence-electron chi connectivity index (χ3n) is 3.56. The number of unbranched alkanes of at least 4 members (excludes halogenated alkanes) is 1. The van der Waals surface area contributed by atoms with E-state index >= 15 is 0 Å². The molecule has 0 amide bonds. The molecule has 2 heteroatoms. The third kappa shape index (κ3) is 7.77. The summed E-state index contributed by atoms with van der Waals surface area (Å²) in [5, 5.41) is 3.61. The average Bonchev–Trinajstić information content (AvgIpc) is 2.25. The minimum atomic E-state index is 0.231. The summed E-state index contributed by atoms with van der Waals surface area (Å²) in [6.45, 7) is 19.5. The van der Waals surface area contributed by atoms with Crippen molar-refractivity contribution in [3.63, 3.8) is 0 Å². The molecule has 0 spiro atoms. The van der Waals surface area contributed by atoms with Crippen molar-refractivity contribution in [3.8, 4) is 0 Å². The molecule has 2 atom stereocenters. The van der Waals surface area contributed by atoms with Crippen molar-refractivity contribution in [1.82, 2.24) is 10.2 Å². The highest BCUT2D eigenvalue weighted by Crippen LogP contribution is 2.12. The van der Waals surface area contributed by atoms with Crippen molar-refractivity contribution in [1.29, 1.82) is 0 Å². The highest BCUT2D eigenvalue weighted by molar-refractivity contribution is 4.78. The monoisotopic (exact) mass is 242 g/mol. The van der Waals surface area contributed by atoms with E-state index in [1.54, 1.807) is 0 Å². The minimum absolute atomic E-state index is 0.231. The standard InChI is InChI=1S/C15H34N2/c1-8-10-11-17(9-2)14(4)13(3)12-16-15(5,6)7/h13-14,16H,8-12H2,1-7H3. The summed E-state index contributed by atoms with van der Waals surface area (Å²) in [6.07, 6.45) is 2.61. The van der Waals surface area contributed by atoms with Crippen LogP contribution in [0.2, 0.25) is 0 Å². The van der Waals surface area contributed by atoms with Crippen LogP contribution in [0.15, 0.2) is 0 Å². The first-order valence-electron chi connectivity index (χ1n) is 7.30. The molecule has 0 aromatic heterocycles. The number of hydrogen-bond donors (Lipinski definition) is 1. The zero-order valence-corrected chi connectivity index (χ0v) is 13.1. The molecular formula is C15H34N2. The molecule has 0 radical (unpaired) electrons. The van der Waals surface area contributed by atoms with Crippen LogP contribution in [0.5, 0.6) is 0 Å². The summed E-state index contributed by atoms with van der Waals surface area (Å²) >= 11 is 0. The van der Waals surface area contributed by atoms with Crippen LogP contribution in [-0.4, -0.2) is 36.1 Å². The van der Waals surface area contributed by atoms with Gasteiger partial charge in [0.15, 0.2) is 0 Å². The van der Waals surface area contributed by atoms with Crippen molar-refractivity contribution < 1.29 is 0 Å². The van der Waals surface area contributed by atoms with Gasteiger partial charge in [0.05, 0.1) is 0 Å². The molecule has 17 heavy (non-hydrogen) atoms. The molecule has 0 aliphatic carbocycles. The van der Waals surface area contributed by atoms with Crippen molar-refractivity contribution in [2.24, 2.45) is 5.92 Å². The van der Waals surface area contributed by atoms with Crippen LogP contribution >= 0.6 is 0 Å². The highest BCUT2D eigenvalue weighted by Gasteiger charge is 2.20. The van der Waals surface area contributed by atoms with Gasteiger partial charge in [-0.15, -0.1) is 0 Å². The molecule has 1 N–H and O–H groups in total. The topological polar surface area (TPSA) is 15.3 Å². The fourth-order valence-electron chi connectivity index (χ4n) is 2.01. The van der Waals surface area contributed by atoms with E-state index in [0.717, 1.165) is 6.54 Å². The lowest BCUT2D eigenvalue weighted by Crippen LogP contribution is -2.45. The van der Waals surface area contributed by atoms with Gasteiger partial charge in [-0.1, -0.05) is 27.2 Å². The van der Waals surface area contributed by atoms with Crippen LogP contribution in [0, 0.1) is 5.92 Å². The Morgan fingerprint density at radius 3 is 2.12 bits per heavy atom. The van der Waals surface area contributed by atoms with Gasteiger partial charge in [0.2, 0.25) is 0 Å². The summed E-state index contributed by atoms with van der Waals surface area (Å²) in [5.74, 6) is 0.700. The van der Waals surface area contributed by atoms with Crippen molar-refractivity contribution in [3.05, 3.63) is 0 Å². The molecule has 0 bridgehead atoms. The summed E-state index contributed by atoms with van der Waals surface area (Å²) < 4.78 is 0. The predicted molar refractivity (Wildman–Crippen MR) is 78.5 cm³/mol. The van der Waals surface area contributed by atoms with Crippen LogP contribution in [0.1, 0.15) is 61.3 Å². The number of rotatable bonds is 8. The Kier molecular flexibility index (Phi) is 8.06. The van der Waals surface area contributed by atoms with Gasteiger partial charge < -0.3 is 10.2 Å². The largest absolute Gasteiger partial charge is 0.312 e. The van der Waals surface area contributed by atoms with Crippen molar-refractivity contribution >= 4 is 0 Å². The van der Waals surface area contributed by atoms with Gasteiger partial charge in [-0.25, -0.2) is 0 Å². The van der Waals surface area contributed by atoms with Crippen LogP contribution in [-0.2, 0) is 0 Å². The van der Waals surface area contributed by atoms with Gasteiger partial charge in [-0.3, -0.25) is 0 Å².